The number of rotatable bonds is 3. The molecule has 0 bridgehead atoms. The van der Waals surface area contributed by atoms with Crippen molar-refractivity contribution >= 4 is 11.5 Å². The molecule has 1 aliphatic rings. The molecule has 1 N–H and O–H groups in total. The molecule has 0 saturated heterocycles. The zero-order valence-electron chi connectivity index (χ0n) is 10.2. The quantitative estimate of drug-likeness (QED) is 0.807. The van der Waals surface area contributed by atoms with E-state index < -0.39 is 5.97 Å². The summed E-state index contributed by atoms with van der Waals surface area (Å²) in [6, 6.07) is 6.39. The lowest BCUT2D eigenvalue weighted by atomic mass is 9.88. The minimum absolute atomic E-state index is 0.755. The zero-order valence-corrected chi connectivity index (χ0v) is 10.2. The van der Waals surface area contributed by atoms with Crippen LogP contribution in [0.1, 0.15) is 42.9 Å². The Balaban J connectivity index is 2.35. The predicted molar refractivity (Wildman–Crippen MR) is 69.0 cm³/mol. The van der Waals surface area contributed by atoms with Crippen LogP contribution >= 0.6 is 0 Å². The maximum Gasteiger partial charge on any atom is 0.328 e. The fraction of sp³-hybridized carbons (Fsp3) is 0.400. The van der Waals surface area contributed by atoms with Crippen LogP contribution in [0.3, 0.4) is 0 Å². The predicted octanol–water partition coefficient (Wildman–Crippen LogP) is 3.44. The average molecular weight is 230 g/mol. The van der Waals surface area contributed by atoms with Crippen LogP contribution in [0.15, 0.2) is 24.3 Å². The molecule has 0 radical (unpaired) electrons. The molecule has 1 aromatic rings. The maximum absolute atomic E-state index is 10.8. The highest BCUT2D eigenvalue weighted by molar-refractivity contribution is 5.90. The normalized spacial score (nSPS) is 15.5. The lowest BCUT2D eigenvalue weighted by Gasteiger charge is -2.17. The summed E-state index contributed by atoms with van der Waals surface area (Å²) in [6.45, 7) is 1.99. The van der Waals surface area contributed by atoms with Gasteiger partial charge in [0, 0.05) is 6.08 Å². The van der Waals surface area contributed by atoms with E-state index in [1.807, 2.05) is 6.92 Å². The monoisotopic (exact) mass is 230 g/mol. The molecular weight excluding hydrogens is 212 g/mol. The Bertz CT molecular complexity index is 458. The van der Waals surface area contributed by atoms with Crippen molar-refractivity contribution < 1.29 is 9.90 Å². The van der Waals surface area contributed by atoms with E-state index in [-0.39, 0.29) is 0 Å². The Labute approximate surface area is 102 Å². The second-order valence-corrected chi connectivity index (χ2v) is 4.55. The first-order valence-electron chi connectivity index (χ1n) is 6.26. The Morgan fingerprint density at radius 2 is 2.00 bits per heavy atom. The number of carboxylic acid groups (broad SMARTS) is 1. The Morgan fingerprint density at radius 1 is 1.29 bits per heavy atom. The van der Waals surface area contributed by atoms with Gasteiger partial charge >= 0.3 is 5.97 Å². The first kappa shape index (κ1) is 11.9. The second-order valence-electron chi connectivity index (χ2n) is 4.55. The van der Waals surface area contributed by atoms with E-state index in [0.717, 1.165) is 24.0 Å². The number of carboxylic acids is 1. The van der Waals surface area contributed by atoms with Gasteiger partial charge in [-0.25, -0.2) is 4.79 Å². The van der Waals surface area contributed by atoms with Gasteiger partial charge in [0.1, 0.15) is 0 Å². The van der Waals surface area contributed by atoms with Crippen LogP contribution in [0.2, 0.25) is 0 Å². The number of aryl methyl sites for hydroxylation is 2. The van der Waals surface area contributed by atoms with Crippen LogP contribution in [0, 0.1) is 0 Å². The molecule has 0 amide bonds. The summed E-state index contributed by atoms with van der Waals surface area (Å²) in [4.78, 5) is 10.8. The molecule has 0 fully saturated rings. The summed E-state index contributed by atoms with van der Waals surface area (Å²) >= 11 is 0. The van der Waals surface area contributed by atoms with Crippen molar-refractivity contribution in [1.29, 1.82) is 0 Å². The van der Waals surface area contributed by atoms with Gasteiger partial charge in [0.2, 0.25) is 0 Å². The van der Waals surface area contributed by atoms with E-state index in [0.29, 0.717) is 0 Å². The van der Waals surface area contributed by atoms with Gasteiger partial charge in [-0.3, -0.25) is 0 Å². The highest BCUT2D eigenvalue weighted by Gasteiger charge is 2.11. The van der Waals surface area contributed by atoms with Gasteiger partial charge in [0.05, 0.1) is 0 Å². The number of aliphatic carboxylic acids is 1. The summed E-state index contributed by atoms with van der Waals surface area (Å²) < 4.78 is 0. The number of carbonyl (C=O) groups is 1. The number of benzene rings is 1. The molecule has 0 spiro atoms. The second kappa shape index (κ2) is 5.17. The van der Waals surface area contributed by atoms with Crippen LogP contribution in [-0.4, -0.2) is 11.1 Å². The van der Waals surface area contributed by atoms with Crippen molar-refractivity contribution in [2.45, 2.75) is 39.0 Å². The molecule has 2 nitrogen and oxygen atoms in total. The minimum atomic E-state index is -0.862. The van der Waals surface area contributed by atoms with Gasteiger partial charge < -0.3 is 5.11 Å². The molecule has 1 aromatic carbocycles. The van der Waals surface area contributed by atoms with Crippen molar-refractivity contribution in [3.63, 3.8) is 0 Å². The van der Waals surface area contributed by atoms with Gasteiger partial charge in [-0.15, -0.1) is 0 Å². The summed E-state index contributed by atoms with van der Waals surface area (Å²) in [5.74, 6) is -0.862. The van der Waals surface area contributed by atoms with Gasteiger partial charge in [0.25, 0.3) is 0 Å². The lowest BCUT2D eigenvalue weighted by molar-refractivity contribution is -0.131. The number of hydrogen-bond donors (Lipinski definition) is 1. The highest BCUT2D eigenvalue weighted by atomic mass is 16.4. The van der Waals surface area contributed by atoms with E-state index in [1.54, 1.807) is 0 Å². The van der Waals surface area contributed by atoms with Crippen LogP contribution in [0.4, 0.5) is 0 Å². The molecule has 2 heteroatoms. The van der Waals surface area contributed by atoms with E-state index in [2.05, 4.69) is 18.2 Å². The molecular formula is C15H18O2. The number of hydrogen-bond acceptors (Lipinski definition) is 1. The molecule has 0 unspecified atom stereocenters. The molecule has 0 aliphatic heterocycles. The van der Waals surface area contributed by atoms with Crippen molar-refractivity contribution in [2.75, 3.05) is 0 Å². The molecule has 0 atom stereocenters. The van der Waals surface area contributed by atoms with Crippen LogP contribution < -0.4 is 0 Å². The molecule has 17 heavy (non-hydrogen) atoms. The third kappa shape index (κ3) is 2.76. The van der Waals surface area contributed by atoms with E-state index in [1.165, 1.54) is 36.5 Å². The molecule has 2 rings (SSSR count). The average Bonchev–Trinajstić information content (AvgIpc) is 2.35. The molecule has 0 saturated carbocycles. The summed E-state index contributed by atoms with van der Waals surface area (Å²) in [5.41, 5.74) is 4.81. The van der Waals surface area contributed by atoms with Crippen molar-refractivity contribution in [3.8, 4) is 0 Å². The van der Waals surface area contributed by atoms with Crippen molar-refractivity contribution in [2.24, 2.45) is 0 Å². The highest BCUT2D eigenvalue weighted by Crippen LogP contribution is 2.26. The lowest BCUT2D eigenvalue weighted by Crippen LogP contribution is -2.03. The van der Waals surface area contributed by atoms with Crippen LogP contribution in [0.25, 0.3) is 5.57 Å². The van der Waals surface area contributed by atoms with Gasteiger partial charge in [-0.05, 0) is 54.4 Å². The summed E-state index contributed by atoms with van der Waals surface area (Å²) in [7, 11) is 0. The molecule has 1 aliphatic carbocycles. The molecule has 0 aromatic heterocycles. The topological polar surface area (TPSA) is 37.3 Å². The standard InChI is InChI=1S/C15H18O2/c1-2-11(10-15(16)17)14-8-7-12-5-3-4-6-13(12)9-14/h7-10H,2-6H2,1H3,(H,16,17)/b11-10+. The largest absolute Gasteiger partial charge is 0.478 e. The Kier molecular flexibility index (Phi) is 3.62. The third-order valence-electron chi connectivity index (χ3n) is 3.40. The fourth-order valence-corrected chi connectivity index (χ4v) is 2.47. The number of allylic oxidation sites excluding steroid dienone is 1. The first-order chi connectivity index (χ1) is 8.20. The summed E-state index contributed by atoms with van der Waals surface area (Å²) in [6.07, 6.45) is 6.90. The maximum atomic E-state index is 10.8. The third-order valence-corrected chi connectivity index (χ3v) is 3.40. The minimum Gasteiger partial charge on any atom is -0.478 e. The zero-order chi connectivity index (χ0) is 12.3. The Hall–Kier alpha value is -1.57. The fourth-order valence-electron chi connectivity index (χ4n) is 2.47. The molecule has 90 valence electrons. The summed E-state index contributed by atoms with van der Waals surface area (Å²) in [5, 5.41) is 8.84. The van der Waals surface area contributed by atoms with E-state index in [9.17, 15) is 4.79 Å². The van der Waals surface area contributed by atoms with Crippen LogP contribution in [0.5, 0.6) is 0 Å². The first-order valence-corrected chi connectivity index (χ1v) is 6.26. The van der Waals surface area contributed by atoms with Gasteiger partial charge in [-0.1, -0.05) is 25.1 Å². The Morgan fingerprint density at radius 3 is 2.65 bits per heavy atom. The van der Waals surface area contributed by atoms with E-state index >= 15 is 0 Å². The van der Waals surface area contributed by atoms with Crippen molar-refractivity contribution in [1.82, 2.24) is 0 Å². The van der Waals surface area contributed by atoms with Gasteiger partial charge in [-0.2, -0.15) is 0 Å². The van der Waals surface area contributed by atoms with Crippen LogP contribution in [-0.2, 0) is 17.6 Å². The smallest absolute Gasteiger partial charge is 0.328 e. The molecule has 0 heterocycles. The number of fused-ring (bicyclic) bond motifs is 1. The van der Waals surface area contributed by atoms with Crippen molar-refractivity contribution in [3.05, 3.63) is 41.0 Å². The van der Waals surface area contributed by atoms with Gasteiger partial charge in [0.15, 0.2) is 0 Å². The SMILES string of the molecule is CC/C(=C\C(=O)O)c1ccc2c(c1)CCCC2. The van der Waals surface area contributed by atoms with E-state index in [4.69, 9.17) is 5.11 Å².